The molecule has 3 aromatic carbocycles. The molecule has 6 heteroatoms. The van der Waals surface area contributed by atoms with Gasteiger partial charge in [0.2, 0.25) is 0 Å². The van der Waals surface area contributed by atoms with Gasteiger partial charge in [-0.3, -0.25) is 0 Å². The van der Waals surface area contributed by atoms with Gasteiger partial charge in [-0.25, -0.2) is 9.59 Å². The van der Waals surface area contributed by atoms with Gasteiger partial charge in [0.25, 0.3) is 0 Å². The Bertz CT molecular complexity index is 929. The van der Waals surface area contributed by atoms with Crippen molar-refractivity contribution in [3.05, 3.63) is 120 Å². The number of carboxylic acids is 1. The van der Waals surface area contributed by atoms with E-state index in [1.54, 1.807) is 0 Å². The van der Waals surface area contributed by atoms with Gasteiger partial charge in [0.15, 0.2) is 0 Å². The van der Waals surface area contributed by atoms with Crippen LogP contribution in [0.25, 0.3) is 0 Å². The molecule has 0 unspecified atom stereocenters. The van der Waals surface area contributed by atoms with Crippen LogP contribution in [-0.2, 0) is 14.3 Å². The zero-order valence-corrected chi connectivity index (χ0v) is 18.3. The third-order valence-corrected chi connectivity index (χ3v) is 6.57. The van der Waals surface area contributed by atoms with Gasteiger partial charge in [-0.05, 0) is 16.7 Å². The van der Waals surface area contributed by atoms with Crippen LogP contribution in [0.2, 0.25) is 0 Å². The Morgan fingerprint density at radius 1 is 0.906 bits per heavy atom. The highest BCUT2D eigenvalue weighted by Crippen LogP contribution is 2.48. The lowest BCUT2D eigenvalue weighted by Gasteiger charge is -2.36. The lowest BCUT2D eigenvalue weighted by Crippen LogP contribution is -2.44. The van der Waals surface area contributed by atoms with E-state index in [0.29, 0.717) is 0 Å². The first-order valence-electron chi connectivity index (χ1n) is 10.2. The van der Waals surface area contributed by atoms with Crippen molar-refractivity contribution in [2.75, 3.05) is 12.4 Å². The molecule has 0 aromatic heterocycles. The van der Waals surface area contributed by atoms with Gasteiger partial charge in [0.1, 0.15) is 12.6 Å². The van der Waals surface area contributed by atoms with Gasteiger partial charge in [0.05, 0.1) is 4.75 Å². The minimum Gasteiger partial charge on any atom is -0.480 e. The number of alkyl carbamates (subject to hydrolysis) is 1. The molecule has 0 saturated heterocycles. The highest BCUT2D eigenvalue weighted by atomic mass is 32.2. The van der Waals surface area contributed by atoms with Gasteiger partial charge >= 0.3 is 12.1 Å². The van der Waals surface area contributed by atoms with Crippen molar-refractivity contribution in [1.29, 1.82) is 0 Å². The molecular weight excluding hydrogens is 422 g/mol. The molecular formula is C26H25NO4S. The van der Waals surface area contributed by atoms with Crippen molar-refractivity contribution in [3.8, 4) is 0 Å². The number of hydrogen-bond donors (Lipinski definition) is 2. The molecule has 0 aliphatic rings. The van der Waals surface area contributed by atoms with E-state index >= 15 is 0 Å². The average Bonchev–Trinajstić information content (AvgIpc) is 2.84. The van der Waals surface area contributed by atoms with Crippen LogP contribution in [0, 0.1) is 0 Å². The molecule has 0 aliphatic heterocycles. The van der Waals surface area contributed by atoms with Crippen LogP contribution < -0.4 is 5.32 Å². The zero-order chi connectivity index (χ0) is 22.8. The van der Waals surface area contributed by atoms with Gasteiger partial charge in [-0.2, -0.15) is 0 Å². The maximum atomic E-state index is 12.0. The second-order valence-electron chi connectivity index (χ2n) is 7.01. The number of ether oxygens (including phenoxy) is 1. The summed E-state index contributed by atoms with van der Waals surface area (Å²) in [5.74, 6) is -1.01. The predicted octanol–water partition coefficient (Wildman–Crippen LogP) is 5.08. The summed E-state index contributed by atoms with van der Waals surface area (Å²) in [5, 5.41) is 12.2. The molecule has 0 aliphatic carbocycles. The van der Waals surface area contributed by atoms with Crippen LogP contribution in [-0.4, -0.2) is 35.6 Å². The monoisotopic (exact) mass is 447 g/mol. The molecule has 3 rings (SSSR count). The largest absolute Gasteiger partial charge is 0.480 e. The van der Waals surface area contributed by atoms with Crippen LogP contribution in [0.4, 0.5) is 4.79 Å². The number of thioether (sulfide) groups is 1. The molecule has 3 aromatic rings. The van der Waals surface area contributed by atoms with Crippen LogP contribution in [0.1, 0.15) is 16.7 Å². The highest BCUT2D eigenvalue weighted by molar-refractivity contribution is 8.00. The predicted molar refractivity (Wildman–Crippen MR) is 128 cm³/mol. The third-order valence-electron chi connectivity index (χ3n) is 4.93. The van der Waals surface area contributed by atoms with E-state index in [9.17, 15) is 14.7 Å². The third kappa shape index (κ3) is 5.39. The molecule has 5 nitrogen and oxygen atoms in total. The molecule has 0 saturated carbocycles. The van der Waals surface area contributed by atoms with Gasteiger partial charge in [-0.15, -0.1) is 11.8 Å². The van der Waals surface area contributed by atoms with Gasteiger partial charge in [0, 0.05) is 5.75 Å². The van der Waals surface area contributed by atoms with Crippen LogP contribution in [0.3, 0.4) is 0 Å². The maximum absolute atomic E-state index is 12.0. The number of carbonyl (C=O) groups is 2. The van der Waals surface area contributed by atoms with Gasteiger partial charge in [-0.1, -0.05) is 104 Å². The summed E-state index contributed by atoms with van der Waals surface area (Å²) in [7, 11) is 0. The summed E-state index contributed by atoms with van der Waals surface area (Å²) in [6.07, 6.45) is 0.637. The fourth-order valence-corrected chi connectivity index (χ4v) is 5.02. The minimum absolute atomic E-state index is 0.00724. The van der Waals surface area contributed by atoms with E-state index < -0.39 is 22.9 Å². The first-order chi connectivity index (χ1) is 15.6. The molecule has 0 heterocycles. The van der Waals surface area contributed by atoms with Crippen LogP contribution >= 0.6 is 11.8 Å². The summed E-state index contributed by atoms with van der Waals surface area (Å²) in [6.45, 7) is 3.50. The molecule has 32 heavy (non-hydrogen) atoms. The van der Waals surface area contributed by atoms with Crippen molar-refractivity contribution in [3.63, 3.8) is 0 Å². The summed E-state index contributed by atoms with van der Waals surface area (Å²) in [6, 6.07) is 28.7. The van der Waals surface area contributed by atoms with E-state index in [0.717, 1.165) is 16.7 Å². The van der Waals surface area contributed by atoms with Gasteiger partial charge < -0.3 is 15.2 Å². The van der Waals surface area contributed by atoms with Crippen LogP contribution in [0.5, 0.6) is 0 Å². The molecule has 0 spiro atoms. The first kappa shape index (κ1) is 23.2. The number of nitrogens with one attached hydrogen (secondary N) is 1. The van der Waals surface area contributed by atoms with Crippen molar-refractivity contribution >= 4 is 23.8 Å². The fraction of sp³-hybridized carbons (Fsp3) is 0.154. The normalized spacial score (nSPS) is 11.9. The Morgan fingerprint density at radius 3 is 1.72 bits per heavy atom. The summed E-state index contributed by atoms with van der Waals surface area (Å²) in [4.78, 5) is 23.9. The second-order valence-corrected chi connectivity index (χ2v) is 8.25. The van der Waals surface area contributed by atoms with E-state index in [4.69, 9.17) is 4.74 Å². The first-order valence-corrected chi connectivity index (χ1v) is 11.1. The van der Waals surface area contributed by atoms with E-state index in [1.165, 1.54) is 17.8 Å². The lowest BCUT2D eigenvalue weighted by atomic mass is 9.84. The molecule has 0 fully saturated rings. The van der Waals surface area contributed by atoms with Crippen molar-refractivity contribution in [2.45, 2.75) is 10.8 Å². The lowest BCUT2D eigenvalue weighted by molar-refractivity contribution is -0.138. The number of rotatable bonds is 10. The zero-order valence-electron chi connectivity index (χ0n) is 17.5. The topological polar surface area (TPSA) is 75.6 Å². The quantitative estimate of drug-likeness (QED) is 0.335. The number of aliphatic carboxylic acids is 1. The SMILES string of the molecule is C=CCOC(=O)N[C@H](CSC(c1ccccc1)(c1ccccc1)c1ccccc1)C(=O)O. The molecule has 1 atom stereocenters. The van der Waals surface area contributed by atoms with Crippen molar-refractivity contribution in [1.82, 2.24) is 5.32 Å². The average molecular weight is 448 g/mol. The van der Waals surface area contributed by atoms with Crippen molar-refractivity contribution < 1.29 is 19.4 Å². The number of amides is 1. The summed E-state index contributed by atoms with van der Waals surface area (Å²) < 4.78 is 4.24. The standard InChI is InChI=1S/C26H25NO4S/c1-2-18-31-25(30)27-23(24(28)29)19-32-26(20-12-6-3-7-13-20,21-14-8-4-9-15-21)22-16-10-5-11-17-22/h2-17,23H,1,18-19H2,(H,27,30)(H,28,29)/t23-/m1/s1. The van der Waals surface area contributed by atoms with Crippen LogP contribution in [0.15, 0.2) is 104 Å². The second kappa shape index (κ2) is 11.2. The molecule has 164 valence electrons. The Balaban J connectivity index is 2.03. The van der Waals surface area contributed by atoms with E-state index in [2.05, 4.69) is 11.9 Å². The molecule has 1 amide bonds. The summed E-state index contributed by atoms with van der Waals surface area (Å²) >= 11 is 1.46. The number of carbonyl (C=O) groups excluding carboxylic acids is 1. The fourth-order valence-electron chi connectivity index (χ4n) is 3.47. The Kier molecular flexibility index (Phi) is 8.11. The number of carboxylic acid groups (broad SMARTS) is 1. The maximum Gasteiger partial charge on any atom is 0.408 e. The summed E-state index contributed by atoms with van der Waals surface area (Å²) in [5.41, 5.74) is 3.04. The highest BCUT2D eigenvalue weighted by Gasteiger charge is 2.38. The molecule has 0 bridgehead atoms. The van der Waals surface area contributed by atoms with E-state index in [-0.39, 0.29) is 12.4 Å². The molecule has 2 N–H and O–H groups in total. The Morgan fingerprint density at radius 2 is 1.34 bits per heavy atom. The van der Waals surface area contributed by atoms with E-state index in [1.807, 2.05) is 91.0 Å². The number of hydrogen-bond acceptors (Lipinski definition) is 4. The molecule has 0 radical (unpaired) electrons. The number of benzene rings is 3. The van der Waals surface area contributed by atoms with Crippen molar-refractivity contribution in [2.24, 2.45) is 0 Å². The smallest absolute Gasteiger partial charge is 0.408 e. The minimum atomic E-state index is -1.13. The Labute approximate surface area is 192 Å². The Hall–Kier alpha value is -3.51.